The smallest absolute Gasteiger partial charge is 0.407 e. The predicted molar refractivity (Wildman–Crippen MR) is 123 cm³/mol. The van der Waals surface area contributed by atoms with Crippen LogP contribution in [0.2, 0.25) is 0 Å². The van der Waals surface area contributed by atoms with Gasteiger partial charge in [-0.05, 0) is 23.8 Å². The molecule has 2 N–H and O–H groups in total. The molecule has 1 amide bonds. The molecule has 2 aliphatic rings. The highest BCUT2D eigenvalue weighted by atomic mass is 19.1. The van der Waals surface area contributed by atoms with E-state index in [-0.39, 0.29) is 43.0 Å². The van der Waals surface area contributed by atoms with E-state index in [1.54, 1.807) is 16.7 Å². The summed E-state index contributed by atoms with van der Waals surface area (Å²) in [5, 5.41) is 14.0. The molecule has 0 spiro atoms. The number of nitrogens with zero attached hydrogens (tertiary/aromatic N) is 2. The molecule has 0 radical (unpaired) electrons. The summed E-state index contributed by atoms with van der Waals surface area (Å²) in [5.41, 5.74) is 1.14. The Morgan fingerprint density at radius 1 is 1.15 bits per heavy atom. The van der Waals surface area contributed by atoms with Crippen molar-refractivity contribution in [3.05, 3.63) is 76.3 Å². The lowest BCUT2D eigenvalue weighted by atomic mass is 10.1. The minimum Gasteiger partial charge on any atom is -0.486 e. The van der Waals surface area contributed by atoms with Gasteiger partial charge in [-0.1, -0.05) is 30.3 Å². The monoisotopic (exact) mass is 467 g/mol. The van der Waals surface area contributed by atoms with Crippen LogP contribution in [0, 0.1) is 11.7 Å². The predicted octanol–water partition coefficient (Wildman–Crippen LogP) is 2.29. The van der Waals surface area contributed by atoms with Gasteiger partial charge in [-0.2, -0.15) is 0 Å². The van der Waals surface area contributed by atoms with Crippen LogP contribution in [0.1, 0.15) is 11.6 Å². The Morgan fingerprint density at radius 2 is 1.94 bits per heavy atom. The molecule has 3 atom stereocenters. The molecule has 0 aliphatic carbocycles. The number of hydrogen-bond donors (Lipinski definition) is 2. The van der Waals surface area contributed by atoms with E-state index < -0.39 is 18.0 Å². The Bertz CT molecular complexity index is 1250. The summed E-state index contributed by atoms with van der Waals surface area (Å²) in [6, 6.07) is 15.2. The SMILES string of the molecule is O=C(NC[C@H]1CN(C[C@@H]2COc3c(F)ccc4ccc(=O)n2c34)C[C@H]1O)OCc1ccccc1. The highest BCUT2D eigenvalue weighted by Gasteiger charge is 2.35. The molecule has 5 rings (SSSR count). The molecule has 1 saturated heterocycles. The molecule has 1 aromatic heterocycles. The first-order valence-corrected chi connectivity index (χ1v) is 11.3. The van der Waals surface area contributed by atoms with Gasteiger partial charge in [0.05, 0.1) is 17.7 Å². The number of amides is 1. The third kappa shape index (κ3) is 4.49. The van der Waals surface area contributed by atoms with Crippen LogP contribution < -0.4 is 15.6 Å². The zero-order chi connectivity index (χ0) is 23.7. The van der Waals surface area contributed by atoms with Gasteiger partial charge < -0.3 is 19.9 Å². The van der Waals surface area contributed by atoms with Gasteiger partial charge in [-0.15, -0.1) is 0 Å². The number of rotatable bonds is 6. The van der Waals surface area contributed by atoms with E-state index in [1.807, 2.05) is 35.2 Å². The second-order valence-corrected chi connectivity index (χ2v) is 8.81. The van der Waals surface area contributed by atoms with Crippen molar-refractivity contribution in [1.29, 1.82) is 0 Å². The number of carbonyl (C=O) groups excluding carboxylic acids is 1. The van der Waals surface area contributed by atoms with Gasteiger partial charge >= 0.3 is 6.09 Å². The van der Waals surface area contributed by atoms with Crippen LogP contribution in [-0.4, -0.2) is 59.6 Å². The normalized spacial score (nSPS) is 21.9. The topological polar surface area (TPSA) is 93.0 Å². The van der Waals surface area contributed by atoms with Gasteiger partial charge in [-0.25, -0.2) is 9.18 Å². The largest absolute Gasteiger partial charge is 0.486 e. The second-order valence-electron chi connectivity index (χ2n) is 8.81. The van der Waals surface area contributed by atoms with Crippen LogP contribution in [-0.2, 0) is 11.3 Å². The van der Waals surface area contributed by atoms with E-state index in [4.69, 9.17) is 9.47 Å². The quantitative estimate of drug-likeness (QED) is 0.578. The molecule has 34 heavy (non-hydrogen) atoms. The number of ether oxygens (including phenoxy) is 2. The Morgan fingerprint density at radius 3 is 2.76 bits per heavy atom. The van der Waals surface area contributed by atoms with Crippen molar-refractivity contribution in [3.63, 3.8) is 0 Å². The van der Waals surface area contributed by atoms with Gasteiger partial charge in [-0.3, -0.25) is 14.3 Å². The van der Waals surface area contributed by atoms with Crippen molar-refractivity contribution >= 4 is 17.0 Å². The van der Waals surface area contributed by atoms with Crippen LogP contribution in [0.4, 0.5) is 9.18 Å². The number of pyridine rings is 1. The fourth-order valence-electron chi connectivity index (χ4n) is 4.76. The summed E-state index contributed by atoms with van der Waals surface area (Å²) in [7, 11) is 0. The lowest BCUT2D eigenvalue weighted by Gasteiger charge is -2.31. The third-order valence-corrected chi connectivity index (χ3v) is 6.46. The van der Waals surface area contributed by atoms with Crippen molar-refractivity contribution < 1.29 is 23.8 Å². The van der Waals surface area contributed by atoms with Gasteiger partial charge in [0.2, 0.25) is 0 Å². The first-order chi connectivity index (χ1) is 16.5. The molecule has 1 fully saturated rings. The van der Waals surface area contributed by atoms with E-state index in [2.05, 4.69) is 5.32 Å². The molecule has 0 saturated carbocycles. The Balaban J connectivity index is 1.20. The highest BCUT2D eigenvalue weighted by molar-refractivity contribution is 5.85. The van der Waals surface area contributed by atoms with Crippen molar-refractivity contribution in [2.45, 2.75) is 18.8 Å². The summed E-state index contributed by atoms with van der Waals surface area (Å²) in [4.78, 5) is 26.8. The summed E-state index contributed by atoms with van der Waals surface area (Å²) in [6.45, 7) is 2.02. The average molecular weight is 467 g/mol. The van der Waals surface area contributed by atoms with Gasteiger partial charge in [0.25, 0.3) is 5.56 Å². The molecular weight excluding hydrogens is 441 g/mol. The van der Waals surface area contributed by atoms with Gasteiger partial charge in [0.15, 0.2) is 11.6 Å². The molecule has 0 unspecified atom stereocenters. The number of aliphatic hydroxyl groups is 1. The Kier molecular flexibility index (Phi) is 6.21. The van der Waals surface area contributed by atoms with Crippen molar-refractivity contribution in [2.24, 2.45) is 5.92 Å². The highest BCUT2D eigenvalue weighted by Crippen LogP contribution is 2.34. The van der Waals surface area contributed by atoms with E-state index >= 15 is 0 Å². The Hall–Kier alpha value is -3.43. The van der Waals surface area contributed by atoms with Crippen molar-refractivity contribution in [3.8, 4) is 5.75 Å². The Labute approximate surface area is 195 Å². The number of aliphatic hydroxyl groups excluding tert-OH is 1. The molecule has 2 aliphatic heterocycles. The maximum Gasteiger partial charge on any atom is 0.407 e. The zero-order valence-electron chi connectivity index (χ0n) is 18.5. The van der Waals surface area contributed by atoms with Crippen LogP contribution >= 0.6 is 0 Å². The first kappa shape index (κ1) is 22.4. The zero-order valence-corrected chi connectivity index (χ0v) is 18.5. The summed E-state index contributed by atoms with van der Waals surface area (Å²) in [6.07, 6.45) is -1.16. The summed E-state index contributed by atoms with van der Waals surface area (Å²) < 4.78 is 26.8. The molecule has 178 valence electrons. The van der Waals surface area contributed by atoms with Crippen molar-refractivity contribution in [2.75, 3.05) is 32.8 Å². The first-order valence-electron chi connectivity index (χ1n) is 11.3. The lowest BCUT2D eigenvalue weighted by molar-refractivity contribution is 0.123. The maximum absolute atomic E-state index is 14.3. The van der Waals surface area contributed by atoms with Crippen LogP contribution in [0.5, 0.6) is 5.75 Å². The lowest BCUT2D eigenvalue weighted by Crippen LogP contribution is -2.40. The van der Waals surface area contributed by atoms with Gasteiger partial charge in [0, 0.05) is 43.5 Å². The molecule has 3 heterocycles. The minimum atomic E-state index is -0.629. The van der Waals surface area contributed by atoms with Crippen LogP contribution in [0.15, 0.2) is 59.4 Å². The fourth-order valence-corrected chi connectivity index (χ4v) is 4.76. The van der Waals surface area contributed by atoms with Gasteiger partial charge in [0.1, 0.15) is 13.2 Å². The minimum absolute atomic E-state index is 0.101. The summed E-state index contributed by atoms with van der Waals surface area (Å²) in [5.74, 6) is -0.567. The number of halogens is 1. The molecule has 3 aromatic rings. The molecule has 2 aromatic carbocycles. The van der Waals surface area contributed by atoms with Crippen LogP contribution in [0.25, 0.3) is 10.9 Å². The number of β-amino-alcohol motifs (C(OH)–C–C–N with tert-alkyl or cyclic N) is 1. The van der Waals surface area contributed by atoms with E-state index in [1.165, 1.54) is 12.1 Å². The second kappa shape index (κ2) is 9.44. The fraction of sp³-hybridized carbons (Fsp3) is 0.360. The number of hydrogen-bond acceptors (Lipinski definition) is 6. The number of nitrogens with one attached hydrogen (secondary N) is 1. The average Bonchev–Trinajstić information content (AvgIpc) is 3.20. The standard InChI is InChI=1S/C25H26FN3O5/c26-20-8-6-17-7-9-22(31)29-19(15-33-24(20)23(17)29)12-28-11-18(21(30)13-28)10-27-25(32)34-14-16-4-2-1-3-5-16/h1-9,18-19,21,30H,10-15H2,(H,27,32)/t18-,19+,21+/m0/s1. The van der Waals surface area contributed by atoms with E-state index in [0.717, 1.165) is 10.9 Å². The number of alkyl carbamates (subject to hydrolysis) is 1. The van der Waals surface area contributed by atoms with Crippen LogP contribution in [0.3, 0.4) is 0 Å². The molecule has 8 nitrogen and oxygen atoms in total. The third-order valence-electron chi connectivity index (χ3n) is 6.46. The molecule has 9 heteroatoms. The number of likely N-dealkylation sites (tertiary alicyclic amines) is 1. The number of aromatic nitrogens is 1. The molecule has 0 bridgehead atoms. The summed E-state index contributed by atoms with van der Waals surface area (Å²) >= 11 is 0. The number of benzene rings is 2. The van der Waals surface area contributed by atoms with E-state index in [9.17, 15) is 19.1 Å². The van der Waals surface area contributed by atoms with E-state index in [0.29, 0.717) is 25.2 Å². The molecular formula is C25H26FN3O5. The number of carbonyl (C=O) groups is 1. The maximum atomic E-state index is 14.3. The van der Waals surface area contributed by atoms with Crippen molar-refractivity contribution in [1.82, 2.24) is 14.8 Å².